The van der Waals surface area contributed by atoms with E-state index in [0.29, 0.717) is 33.3 Å². The molecule has 0 aliphatic heterocycles. The molecule has 1 N–H and O–H groups in total. The monoisotopic (exact) mass is 496 g/mol. The highest BCUT2D eigenvalue weighted by molar-refractivity contribution is 9.10. The van der Waals surface area contributed by atoms with Crippen LogP contribution in [0.3, 0.4) is 0 Å². The number of hydrogen-bond acceptors (Lipinski definition) is 6. The molecule has 0 saturated carbocycles. The maximum atomic E-state index is 13.2. The number of aromatic nitrogens is 3. The SMILES string of the molecule is COc1cccc(-n2c(SCC(=O)Nc3ccc(Br)cc3)nc3ncccc3c2=O)c1. The van der Waals surface area contributed by atoms with Crippen LogP contribution in [0.4, 0.5) is 5.69 Å². The van der Waals surface area contributed by atoms with Gasteiger partial charge in [-0.05, 0) is 48.5 Å². The van der Waals surface area contributed by atoms with Gasteiger partial charge < -0.3 is 10.1 Å². The average Bonchev–Trinajstić information content (AvgIpc) is 2.79. The van der Waals surface area contributed by atoms with Crippen LogP contribution in [0, 0.1) is 0 Å². The molecule has 1 amide bonds. The summed E-state index contributed by atoms with van der Waals surface area (Å²) in [4.78, 5) is 34.5. The number of halogens is 1. The van der Waals surface area contributed by atoms with Crippen LogP contribution in [0.25, 0.3) is 16.7 Å². The third kappa shape index (κ3) is 4.78. The Bertz CT molecular complexity index is 1310. The van der Waals surface area contributed by atoms with E-state index >= 15 is 0 Å². The Morgan fingerprint density at radius 2 is 1.97 bits per heavy atom. The first kappa shape index (κ1) is 21.1. The molecule has 156 valence electrons. The molecule has 0 atom stereocenters. The maximum Gasteiger partial charge on any atom is 0.268 e. The van der Waals surface area contributed by atoms with Crippen LogP contribution in [0.2, 0.25) is 0 Å². The van der Waals surface area contributed by atoms with Crippen molar-refractivity contribution >= 4 is 50.3 Å². The highest BCUT2D eigenvalue weighted by atomic mass is 79.9. The first-order valence-electron chi connectivity index (χ1n) is 9.25. The van der Waals surface area contributed by atoms with E-state index in [4.69, 9.17) is 4.74 Å². The van der Waals surface area contributed by atoms with Crippen LogP contribution in [0.15, 0.2) is 81.3 Å². The number of amides is 1. The Morgan fingerprint density at radius 3 is 2.74 bits per heavy atom. The van der Waals surface area contributed by atoms with Gasteiger partial charge in [-0.15, -0.1) is 0 Å². The number of nitrogens with one attached hydrogen (secondary N) is 1. The van der Waals surface area contributed by atoms with E-state index in [1.54, 1.807) is 61.8 Å². The number of benzene rings is 2. The van der Waals surface area contributed by atoms with Crippen molar-refractivity contribution in [1.82, 2.24) is 14.5 Å². The number of thioether (sulfide) groups is 1. The molecule has 9 heteroatoms. The molecule has 0 unspecified atom stereocenters. The Balaban J connectivity index is 1.68. The number of rotatable bonds is 6. The quantitative estimate of drug-likeness (QED) is 0.316. The van der Waals surface area contributed by atoms with E-state index in [9.17, 15) is 9.59 Å². The van der Waals surface area contributed by atoms with E-state index in [1.165, 1.54) is 4.57 Å². The lowest BCUT2D eigenvalue weighted by Gasteiger charge is -2.13. The molecule has 4 aromatic rings. The van der Waals surface area contributed by atoms with E-state index in [1.807, 2.05) is 12.1 Å². The van der Waals surface area contributed by atoms with Gasteiger partial charge in [0.15, 0.2) is 10.8 Å². The summed E-state index contributed by atoms with van der Waals surface area (Å²) in [6, 6.07) is 17.8. The smallest absolute Gasteiger partial charge is 0.268 e. The fourth-order valence-electron chi connectivity index (χ4n) is 2.94. The molecule has 31 heavy (non-hydrogen) atoms. The number of anilines is 1. The number of hydrogen-bond donors (Lipinski definition) is 1. The highest BCUT2D eigenvalue weighted by Crippen LogP contribution is 2.23. The largest absolute Gasteiger partial charge is 0.497 e. The fourth-order valence-corrected chi connectivity index (χ4v) is 4.00. The van der Waals surface area contributed by atoms with E-state index < -0.39 is 0 Å². The minimum absolute atomic E-state index is 0.0742. The van der Waals surface area contributed by atoms with Gasteiger partial charge in [-0.2, -0.15) is 0 Å². The second-order valence-corrected chi connectivity index (χ2v) is 8.31. The first-order chi connectivity index (χ1) is 15.0. The molecule has 0 aliphatic carbocycles. The van der Waals surface area contributed by atoms with Crippen molar-refractivity contribution in [2.45, 2.75) is 5.16 Å². The van der Waals surface area contributed by atoms with Gasteiger partial charge in [0.05, 0.1) is 23.9 Å². The van der Waals surface area contributed by atoms with Gasteiger partial charge in [0.1, 0.15) is 5.75 Å². The number of ether oxygens (including phenoxy) is 1. The minimum Gasteiger partial charge on any atom is -0.497 e. The Kier molecular flexibility index (Phi) is 6.34. The van der Waals surface area contributed by atoms with Gasteiger partial charge in [0.2, 0.25) is 5.91 Å². The van der Waals surface area contributed by atoms with Crippen molar-refractivity contribution in [3.63, 3.8) is 0 Å². The minimum atomic E-state index is -0.262. The highest BCUT2D eigenvalue weighted by Gasteiger charge is 2.16. The van der Waals surface area contributed by atoms with Gasteiger partial charge >= 0.3 is 0 Å². The van der Waals surface area contributed by atoms with Crippen molar-refractivity contribution < 1.29 is 9.53 Å². The summed E-state index contributed by atoms with van der Waals surface area (Å²) in [7, 11) is 1.56. The summed E-state index contributed by atoms with van der Waals surface area (Å²) in [6.07, 6.45) is 1.58. The zero-order chi connectivity index (χ0) is 21.8. The molecule has 0 saturated heterocycles. The van der Waals surface area contributed by atoms with Crippen LogP contribution in [-0.4, -0.2) is 33.3 Å². The molecule has 2 aromatic heterocycles. The van der Waals surface area contributed by atoms with E-state index in [2.05, 4.69) is 31.2 Å². The van der Waals surface area contributed by atoms with Gasteiger partial charge in [0, 0.05) is 22.4 Å². The van der Waals surface area contributed by atoms with E-state index in [-0.39, 0.29) is 17.2 Å². The molecular formula is C22H17BrN4O3S. The molecular weight excluding hydrogens is 480 g/mol. The lowest BCUT2D eigenvalue weighted by atomic mass is 10.3. The third-order valence-corrected chi connectivity index (χ3v) is 5.85. The molecule has 2 aromatic carbocycles. The zero-order valence-electron chi connectivity index (χ0n) is 16.4. The van der Waals surface area contributed by atoms with Gasteiger partial charge in [-0.1, -0.05) is 33.8 Å². The number of methoxy groups -OCH3 is 1. The number of carbonyl (C=O) groups is 1. The van der Waals surface area contributed by atoms with Crippen LogP contribution in [-0.2, 0) is 4.79 Å². The van der Waals surface area contributed by atoms with Gasteiger partial charge in [-0.3, -0.25) is 14.2 Å². The van der Waals surface area contributed by atoms with Gasteiger partial charge in [0.25, 0.3) is 5.56 Å². The predicted molar refractivity (Wildman–Crippen MR) is 125 cm³/mol. The van der Waals surface area contributed by atoms with Crippen molar-refractivity contribution in [3.05, 3.63) is 81.7 Å². The van der Waals surface area contributed by atoms with Crippen LogP contribution < -0.4 is 15.6 Å². The topological polar surface area (TPSA) is 86.1 Å². The van der Waals surface area contributed by atoms with Crippen LogP contribution >= 0.6 is 27.7 Å². The summed E-state index contributed by atoms with van der Waals surface area (Å²) in [6.45, 7) is 0. The van der Waals surface area contributed by atoms with Crippen molar-refractivity contribution in [2.24, 2.45) is 0 Å². The second kappa shape index (κ2) is 9.32. The van der Waals surface area contributed by atoms with Crippen LogP contribution in [0.1, 0.15) is 0 Å². The molecule has 0 radical (unpaired) electrons. The van der Waals surface area contributed by atoms with Crippen LogP contribution in [0.5, 0.6) is 5.75 Å². The molecule has 2 heterocycles. The summed E-state index contributed by atoms with van der Waals surface area (Å²) >= 11 is 4.53. The summed E-state index contributed by atoms with van der Waals surface area (Å²) in [5.74, 6) is 0.477. The maximum absolute atomic E-state index is 13.2. The first-order valence-corrected chi connectivity index (χ1v) is 11.0. The van der Waals surface area contributed by atoms with Crippen molar-refractivity contribution in [2.75, 3.05) is 18.2 Å². The number of fused-ring (bicyclic) bond motifs is 1. The number of nitrogens with zero attached hydrogens (tertiary/aromatic N) is 3. The Hall–Kier alpha value is -3.17. The normalized spacial score (nSPS) is 10.8. The molecule has 4 rings (SSSR count). The predicted octanol–water partition coefficient (Wildman–Crippen LogP) is 4.28. The van der Waals surface area contributed by atoms with E-state index in [0.717, 1.165) is 16.2 Å². The van der Waals surface area contributed by atoms with Gasteiger partial charge in [-0.25, -0.2) is 9.97 Å². The standard InChI is InChI=1S/C22H17BrN4O3S/c1-30-17-5-2-4-16(12-17)27-21(29)18-6-3-11-24-20(18)26-22(27)31-13-19(28)25-15-9-7-14(23)8-10-15/h2-12H,13H2,1H3,(H,25,28). The molecule has 7 nitrogen and oxygen atoms in total. The summed E-state index contributed by atoms with van der Waals surface area (Å²) < 4.78 is 7.70. The third-order valence-electron chi connectivity index (χ3n) is 4.38. The molecule has 0 fully saturated rings. The second-order valence-electron chi connectivity index (χ2n) is 6.45. The van der Waals surface area contributed by atoms with Crippen molar-refractivity contribution in [1.29, 1.82) is 0 Å². The lowest BCUT2D eigenvalue weighted by Crippen LogP contribution is -2.23. The zero-order valence-corrected chi connectivity index (χ0v) is 18.8. The molecule has 0 aliphatic rings. The Labute approximate surface area is 190 Å². The summed E-state index contributed by atoms with van der Waals surface area (Å²) in [5, 5.41) is 3.61. The fraction of sp³-hybridized carbons (Fsp3) is 0.0909. The average molecular weight is 497 g/mol. The van der Waals surface area contributed by atoms with Crippen molar-refractivity contribution in [3.8, 4) is 11.4 Å². The molecule has 0 bridgehead atoms. The lowest BCUT2D eigenvalue weighted by molar-refractivity contribution is -0.113. The summed E-state index contributed by atoms with van der Waals surface area (Å²) in [5.41, 5.74) is 1.36. The number of pyridine rings is 1. The number of carbonyl (C=O) groups excluding carboxylic acids is 1. The molecule has 0 spiro atoms. The Morgan fingerprint density at radius 1 is 1.16 bits per heavy atom.